The lowest BCUT2D eigenvalue weighted by Gasteiger charge is -2.37. The number of hydrogen-bond donors (Lipinski definition) is 3. The van der Waals surface area contributed by atoms with Gasteiger partial charge in [-0.1, -0.05) is 67.9 Å². The fourth-order valence-corrected chi connectivity index (χ4v) is 8.73. The third-order valence-electron chi connectivity index (χ3n) is 12.0. The van der Waals surface area contributed by atoms with E-state index in [9.17, 15) is 19.2 Å². The lowest BCUT2D eigenvalue weighted by Crippen LogP contribution is -2.46. The van der Waals surface area contributed by atoms with Crippen LogP contribution in [0.15, 0.2) is 70.6 Å². The van der Waals surface area contributed by atoms with E-state index in [1.165, 1.54) is 11.1 Å². The Balaban J connectivity index is 0.000000178. The van der Waals surface area contributed by atoms with Crippen molar-refractivity contribution in [2.24, 2.45) is 9.98 Å². The van der Waals surface area contributed by atoms with Crippen molar-refractivity contribution in [3.05, 3.63) is 106 Å². The largest absolute Gasteiger partial charge is 0.368 e. The van der Waals surface area contributed by atoms with Gasteiger partial charge in [0.25, 0.3) is 11.8 Å². The normalized spacial score (nSPS) is 15.9. The smallest absolute Gasteiger partial charge is 0.269 e. The molecule has 2 saturated heterocycles. The van der Waals surface area contributed by atoms with Gasteiger partial charge < -0.3 is 25.8 Å². The van der Waals surface area contributed by atoms with Gasteiger partial charge in [0.15, 0.2) is 11.6 Å². The molecule has 8 rings (SSSR count). The summed E-state index contributed by atoms with van der Waals surface area (Å²) in [5.74, 6) is 0.0289. The summed E-state index contributed by atoms with van der Waals surface area (Å²) in [7, 11) is 3.25. The Morgan fingerprint density at radius 3 is 1.52 bits per heavy atom. The molecule has 4 aliphatic heterocycles. The number of halogens is 1. The molecule has 6 heterocycles. The summed E-state index contributed by atoms with van der Waals surface area (Å²) in [5, 5.41) is 9.40. The molecule has 0 aliphatic carbocycles. The van der Waals surface area contributed by atoms with E-state index in [1.807, 2.05) is 38.1 Å². The van der Waals surface area contributed by atoms with Gasteiger partial charge in [-0.2, -0.15) is 0 Å². The van der Waals surface area contributed by atoms with E-state index in [-0.39, 0.29) is 23.4 Å². The van der Waals surface area contributed by atoms with Gasteiger partial charge in [0, 0.05) is 91.2 Å². The van der Waals surface area contributed by atoms with Crippen molar-refractivity contribution in [1.82, 2.24) is 30.8 Å². The van der Waals surface area contributed by atoms with Crippen molar-refractivity contribution in [1.29, 1.82) is 0 Å². The zero-order valence-corrected chi connectivity index (χ0v) is 40.3. The molecular formula is C50H63BrN10O4. The van der Waals surface area contributed by atoms with Gasteiger partial charge in [-0.25, -0.2) is 20.0 Å². The molecule has 0 spiro atoms. The first-order chi connectivity index (χ1) is 31.5. The zero-order valence-electron chi connectivity index (χ0n) is 38.7. The quantitative estimate of drug-likeness (QED) is 0.141. The van der Waals surface area contributed by atoms with Gasteiger partial charge in [-0.3, -0.25) is 24.1 Å². The molecule has 0 atom stereocenters. The number of anilines is 2. The van der Waals surface area contributed by atoms with Crippen LogP contribution in [0.2, 0.25) is 0 Å². The number of carbonyl (C=O) groups excluding carboxylic acids is 4. The van der Waals surface area contributed by atoms with Crippen LogP contribution in [0.1, 0.15) is 95.2 Å². The third-order valence-corrected chi connectivity index (χ3v) is 12.7. The highest BCUT2D eigenvalue weighted by Crippen LogP contribution is 2.29. The number of aliphatic imine (C=N–C) groups is 2. The van der Waals surface area contributed by atoms with Crippen molar-refractivity contribution >= 4 is 73.5 Å². The molecule has 14 nitrogen and oxygen atoms in total. The first-order valence-electron chi connectivity index (χ1n) is 22.9. The summed E-state index contributed by atoms with van der Waals surface area (Å²) < 4.78 is 0. The van der Waals surface area contributed by atoms with Crippen LogP contribution in [0, 0.1) is 0 Å². The number of fused-ring (bicyclic) bond motifs is 2. The Hall–Kier alpha value is -5.64. The number of carbonyl (C=O) groups is 4. The third kappa shape index (κ3) is 12.4. The molecular weight excluding hydrogens is 885 g/mol. The highest BCUT2D eigenvalue weighted by atomic mass is 79.9. The average molecular weight is 948 g/mol. The number of Topliss-reactive ketones (excluding diaryl/α,β-unsaturated/α-hetero) is 2. The van der Waals surface area contributed by atoms with Gasteiger partial charge in [0.2, 0.25) is 0 Å². The highest BCUT2D eigenvalue weighted by Gasteiger charge is 2.24. The van der Waals surface area contributed by atoms with Crippen molar-refractivity contribution in [3.63, 3.8) is 0 Å². The number of ketones is 2. The maximum atomic E-state index is 12.2. The number of nitrogens with one attached hydrogen (secondary N) is 3. The van der Waals surface area contributed by atoms with Crippen molar-refractivity contribution < 1.29 is 19.2 Å². The maximum Gasteiger partial charge on any atom is 0.269 e. The Bertz CT molecular complexity index is 2420. The maximum absolute atomic E-state index is 12.2. The summed E-state index contributed by atoms with van der Waals surface area (Å²) in [5.41, 5.74) is 13.0. The minimum Gasteiger partial charge on any atom is -0.368 e. The van der Waals surface area contributed by atoms with Gasteiger partial charge in [0.1, 0.15) is 11.4 Å². The first kappa shape index (κ1) is 48.8. The van der Waals surface area contributed by atoms with Crippen LogP contribution < -0.4 is 25.8 Å². The summed E-state index contributed by atoms with van der Waals surface area (Å²) in [6.07, 6.45) is 4.00. The molecule has 3 N–H and O–H groups in total. The molecule has 344 valence electrons. The summed E-state index contributed by atoms with van der Waals surface area (Å²) in [4.78, 5) is 72.4. The molecule has 2 amide bonds. The lowest BCUT2D eigenvalue weighted by molar-refractivity contribution is -0.113. The second kappa shape index (κ2) is 23.5. The molecule has 2 aromatic heterocycles. The number of piperazine rings is 2. The fourth-order valence-electron chi connectivity index (χ4n) is 8.38. The molecule has 4 aliphatic rings. The number of nitrogens with zero attached hydrogens (tertiary/aromatic N) is 7. The van der Waals surface area contributed by atoms with E-state index in [1.54, 1.807) is 26.2 Å². The molecule has 2 aromatic carbocycles. The predicted octanol–water partition coefficient (Wildman–Crippen LogP) is 6.54. The predicted molar refractivity (Wildman–Crippen MR) is 264 cm³/mol. The fraction of sp³-hybridized carbons (Fsp3) is 0.440. The van der Waals surface area contributed by atoms with Crippen LogP contribution in [0.3, 0.4) is 0 Å². The van der Waals surface area contributed by atoms with Gasteiger partial charge >= 0.3 is 0 Å². The van der Waals surface area contributed by atoms with Gasteiger partial charge in [-0.15, -0.1) is 0 Å². The number of aromatic nitrogens is 2. The number of alkyl halides is 1. The van der Waals surface area contributed by atoms with Crippen molar-refractivity contribution in [3.8, 4) is 0 Å². The monoisotopic (exact) mass is 946 g/mol. The SMILES string of the molecule is CCC1=Nc2ccc(CBr)cc2CC1=O.CCC1=Nc2ccc(CN3CCN(c4ccc(C(=O)NC)nc4CC)CC3)cc2CC1=O.CCc1nc(C(=O)NC)ccc1N1CCNCC1. The molecule has 0 saturated carbocycles. The molecule has 65 heavy (non-hydrogen) atoms. The Kier molecular flexibility index (Phi) is 17.7. The minimum atomic E-state index is -0.153. The van der Waals surface area contributed by atoms with E-state index in [0.717, 1.165) is 129 Å². The van der Waals surface area contributed by atoms with Crippen LogP contribution in [0.5, 0.6) is 0 Å². The molecule has 0 unspecified atom stereocenters. The molecule has 2 fully saturated rings. The van der Waals surface area contributed by atoms with E-state index >= 15 is 0 Å². The number of amides is 2. The van der Waals surface area contributed by atoms with Crippen LogP contribution in [0.25, 0.3) is 0 Å². The number of hydrogen-bond acceptors (Lipinski definition) is 12. The lowest BCUT2D eigenvalue weighted by atomic mass is 9.97. The molecule has 15 heteroatoms. The number of benzene rings is 2. The second-order valence-corrected chi connectivity index (χ2v) is 16.8. The average Bonchev–Trinajstić information content (AvgIpc) is 3.35. The summed E-state index contributed by atoms with van der Waals surface area (Å²) in [6.45, 7) is 16.7. The molecule has 4 aromatic rings. The van der Waals surface area contributed by atoms with Crippen LogP contribution in [-0.2, 0) is 47.1 Å². The topological polar surface area (TPSA) is 165 Å². The van der Waals surface area contributed by atoms with E-state index in [4.69, 9.17) is 0 Å². The minimum absolute atomic E-state index is 0.128. The highest BCUT2D eigenvalue weighted by molar-refractivity contribution is 9.08. The Morgan fingerprint density at radius 2 is 1.08 bits per heavy atom. The zero-order chi connectivity index (χ0) is 46.5. The van der Waals surface area contributed by atoms with E-state index < -0.39 is 0 Å². The first-order valence-corrected chi connectivity index (χ1v) is 24.0. The van der Waals surface area contributed by atoms with Crippen LogP contribution in [0.4, 0.5) is 22.7 Å². The van der Waals surface area contributed by atoms with Crippen LogP contribution in [-0.4, -0.2) is 116 Å². The standard InChI is InChI=1S/C25H31N5O2.C13H20N4O.C12H12BrNO/c1-4-19-23(9-8-22(27-19)25(32)26-3)30-12-10-29(11-13-30)16-17-6-7-21-18(14-17)15-24(31)20(5-2)28-21;1-3-10-12(17-8-6-15-7-9-17)5-4-11(16-10)13(18)14-2;1-2-10-12(15)6-9-5-8(7-13)3-4-11(9)14-10/h6-9,14H,4-5,10-13,15-16H2,1-3H3,(H,26,32);4-5,15H,3,6-9H2,1-2H3,(H,14,18);3-5H,2,6-7H2,1H3. The number of rotatable bonds is 11. The van der Waals surface area contributed by atoms with E-state index in [0.29, 0.717) is 42.1 Å². The van der Waals surface area contributed by atoms with Crippen molar-refractivity contribution in [2.45, 2.75) is 78.1 Å². The Morgan fingerprint density at radius 1 is 0.615 bits per heavy atom. The summed E-state index contributed by atoms with van der Waals surface area (Å²) >= 11 is 3.41. The molecule has 0 radical (unpaired) electrons. The number of aryl methyl sites for hydroxylation is 2. The number of pyridine rings is 2. The summed E-state index contributed by atoms with van der Waals surface area (Å²) in [6, 6.07) is 20.1. The van der Waals surface area contributed by atoms with Gasteiger partial charge in [0.05, 0.1) is 45.6 Å². The van der Waals surface area contributed by atoms with E-state index in [2.05, 4.69) is 105 Å². The van der Waals surface area contributed by atoms with Crippen molar-refractivity contribution in [2.75, 3.05) is 76.3 Å². The molecule has 0 bridgehead atoms. The van der Waals surface area contributed by atoms with Crippen LogP contribution >= 0.6 is 15.9 Å². The Labute approximate surface area is 391 Å². The second-order valence-electron chi connectivity index (χ2n) is 16.3. The van der Waals surface area contributed by atoms with Gasteiger partial charge in [-0.05, 0) is 84.3 Å².